The minimum Gasteiger partial charge on any atom is -0.361 e. The summed E-state index contributed by atoms with van der Waals surface area (Å²) in [4.78, 5) is 28.6. The van der Waals surface area contributed by atoms with Gasteiger partial charge in [0.1, 0.15) is 6.54 Å². The van der Waals surface area contributed by atoms with E-state index in [1.165, 1.54) is 17.9 Å². The third-order valence-corrected chi connectivity index (χ3v) is 3.88. The Morgan fingerprint density at radius 1 is 1.22 bits per heavy atom. The fourth-order valence-electron chi connectivity index (χ4n) is 2.70. The van der Waals surface area contributed by atoms with Crippen molar-refractivity contribution in [1.82, 2.24) is 15.2 Å². The molecule has 2 amide bonds. The number of hydrogen-bond donors (Lipinski definition) is 2. The first kappa shape index (κ1) is 17.1. The van der Waals surface area contributed by atoms with Gasteiger partial charge in [-0.1, -0.05) is 18.2 Å². The Labute approximate surface area is 137 Å². The van der Waals surface area contributed by atoms with Gasteiger partial charge in [-0.3, -0.25) is 9.59 Å². The number of carbonyl (C=O) groups excluding carboxylic acids is 2. The lowest BCUT2D eigenvalue weighted by molar-refractivity contribution is -0.138. The van der Waals surface area contributed by atoms with Crippen molar-refractivity contribution >= 4 is 22.7 Å². The third-order valence-electron chi connectivity index (χ3n) is 3.88. The van der Waals surface area contributed by atoms with Crippen LogP contribution in [-0.2, 0) is 16.0 Å². The molecule has 0 spiro atoms. The zero-order chi connectivity index (χ0) is 17.0. The Bertz CT molecular complexity index is 698. The van der Waals surface area contributed by atoms with Crippen LogP contribution in [-0.4, -0.2) is 40.3 Å². The lowest BCUT2D eigenvalue weighted by Gasteiger charge is -2.34. The van der Waals surface area contributed by atoms with Crippen LogP contribution in [0.5, 0.6) is 0 Å². The summed E-state index contributed by atoms with van der Waals surface area (Å²) in [6.45, 7) is 7.91. The van der Waals surface area contributed by atoms with E-state index in [0.717, 1.165) is 11.9 Å². The molecular weight excluding hydrogens is 290 g/mol. The van der Waals surface area contributed by atoms with Gasteiger partial charge in [0.25, 0.3) is 0 Å². The van der Waals surface area contributed by atoms with E-state index in [1.807, 2.05) is 45.2 Å². The minimum absolute atomic E-state index is 0.0900. The highest BCUT2D eigenvalue weighted by molar-refractivity contribution is 5.85. The summed E-state index contributed by atoms with van der Waals surface area (Å²) in [5.41, 5.74) is 1.92. The molecule has 0 bridgehead atoms. The number of hydrogen-bond acceptors (Lipinski definition) is 2. The van der Waals surface area contributed by atoms with Gasteiger partial charge in [0.2, 0.25) is 11.8 Å². The maximum atomic E-state index is 12.1. The molecule has 0 aliphatic rings. The quantitative estimate of drug-likeness (QED) is 0.890. The summed E-state index contributed by atoms with van der Waals surface area (Å²) in [6, 6.07) is 8.10. The molecule has 0 aliphatic carbocycles. The van der Waals surface area contributed by atoms with Crippen molar-refractivity contribution in [2.45, 2.75) is 39.7 Å². The summed E-state index contributed by atoms with van der Waals surface area (Å²) in [6.07, 6.45) is 2.74. The molecule has 0 aliphatic heterocycles. The molecule has 1 aromatic heterocycles. The molecule has 23 heavy (non-hydrogen) atoms. The van der Waals surface area contributed by atoms with Crippen molar-refractivity contribution in [1.29, 1.82) is 0 Å². The van der Waals surface area contributed by atoms with Gasteiger partial charge in [-0.15, -0.1) is 0 Å². The Kier molecular flexibility index (Phi) is 5.08. The molecule has 1 aromatic carbocycles. The summed E-state index contributed by atoms with van der Waals surface area (Å²) < 4.78 is 0. The van der Waals surface area contributed by atoms with Crippen molar-refractivity contribution < 1.29 is 9.59 Å². The SMILES string of the molecule is CC(=O)N(CC(=O)NCCc1c[nH]c2ccccc12)C(C)(C)C. The first-order valence-corrected chi connectivity index (χ1v) is 7.89. The van der Waals surface area contributed by atoms with Gasteiger partial charge in [0.15, 0.2) is 0 Å². The van der Waals surface area contributed by atoms with Crippen LogP contribution >= 0.6 is 0 Å². The van der Waals surface area contributed by atoms with Gasteiger partial charge in [0, 0.05) is 36.1 Å². The highest BCUT2D eigenvalue weighted by Gasteiger charge is 2.25. The Morgan fingerprint density at radius 3 is 2.57 bits per heavy atom. The molecule has 0 unspecified atom stereocenters. The fraction of sp³-hybridized carbons (Fsp3) is 0.444. The topological polar surface area (TPSA) is 65.2 Å². The van der Waals surface area contributed by atoms with Gasteiger partial charge in [0.05, 0.1) is 0 Å². The molecule has 0 fully saturated rings. The first-order chi connectivity index (χ1) is 10.8. The normalized spacial score (nSPS) is 11.5. The maximum absolute atomic E-state index is 12.1. The van der Waals surface area contributed by atoms with Crippen molar-refractivity contribution in [3.63, 3.8) is 0 Å². The Morgan fingerprint density at radius 2 is 1.91 bits per heavy atom. The maximum Gasteiger partial charge on any atom is 0.239 e. The van der Waals surface area contributed by atoms with E-state index in [9.17, 15) is 9.59 Å². The second-order valence-electron chi connectivity index (χ2n) is 6.74. The number of nitrogens with zero attached hydrogens (tertiary/aromatic N) is 1. The number of benzene rings is 1. The third kappa shape index (κ3) is 4.34. The van der Waals surface area contributed by atoms with E-state index in [-0.39, 0.29) is 23.9 Å². The number of aromatic amines is 1. The standard InChI is InChI=1S/C18H25N3O2/c1-13(22)21(18(2,3)4)12-17(23)19-10-9-14-11-20-16-8-6-5-7-15(14)16/h5-8,11,20H,9-10,12H2,1-4H3,(H,19,23). The molecule has 0 saturated carbocycles. The van der Waals surface area contributed by atoms with Gasteiger partial charge in [-0.05, 0) is 38.8 Å². The van der Waals surface area contributed by atoms with Gasteiger partial charge < -0.3 is 15.2 Å². The van der Waals surface area contributed by atoms with Crippen LogP contribution < -0.4 is 5.32 Å². The number of amides is 2. The van der Waals surface area contributed by atoms with Gasteiger partial charge in [-0.25, -0.2) is 0 Å². The second kappa shape index (κ2) is 6.86. The molecule has 5 nitrogen and oxygen atoms in total. The molecule has 124 valence electrons. The highest BCUT2D eigenvalue weighted by atomic mass is 16.2. The Balaban J connectivity index is 1.88. The highest BCUT2D eigenvalue weighted by Crippen LogP contribution is 2.17. The molecule has 2 N–H and O–H groups in total. The van der Waals surface area contributed by atoms with E-state index in [2.05, 4.69) is 16.4 Å². The van der Waals surface area contributed by atoms with Crippen LogP contribution in [0.2, 0.25) is 0 Å². The second-order valence-corrected chi connectivity index (χ2v) is 6.74. The largest absolute Gasteiger partial charge is 0.361 e. The summed E-state index contributed by atoms with van der Waals surface area (Å²) in [7, 11) is 0. The van der Waals surface area contributed by atoms with E-state index in [4.69, 9.17) is 0 Å². The van der Waals surface area contributed by atoms with Crippen molar-refractivity contribution in [3.05, 3.63) is 36.0 Å². The number of aromatic nitrogens is 1. The lowest BCUT2D eigenvalue weighted by Crippen LogP contribution is -2.49. The van der Waals surface area contributed by atoms with Crippen LogP contribution in [0, 0.1) is 0 Å². The van der Waals surface area contributed by atoms with Crippen molar-refractivity contribution in [2.75, 3.05) is 13.1 Å². The average Bonchev–Trinajstić information content (AvgIpc) is 2.87. The first-order valence-electron chi connectivity index (χ1n) is 7.89. The average molecular weight is 315 g/mol. The van der Waals surface area contributed by atoms with E-state index in [1.54, 1.807) is 4.90 Å². The summed E-state index contributed by atoms with van der Waals surface area (Å²) in [5.74, 6) is -0.223. The van der Waals surface area contributed by atoms with Crippen LogP contribution in [0.25, 0.3) is 10.9 Å². The van der Waals surface area contributed by atoms with Crippen LogP contribution in [0.4, 0.5) is 0 Å². The number of nitrogens with one attached hydrogen (secondary N) is 2. The smallest absolute Gasteiger partial charge is 0.239 e. The number of H-pyrrole nitrogens is 1. The monoisotopic (exact) mass is 315 g/mol. The molecule has 0 saturated heterocycles. The molecular formula is C18H25N3O2. The van der Waals surface area contributed by atoms with E-state index >= 15 is 0 Å². The summed E-state index contributed by atoms with van der Waals surface area (Å²) >= 11 is 0. The van der Waals surface area contributed by atoms with E-state index in [0.29, 0.717) is 6.54 Å². The number of carbonyl (C=O) groups is 2. The lowest BCUT2D eigenvalue weighted by atomic mass is 10.1. The number of fused-ring (bicyclic) bond motifs is 1. The molecule has 2 aromatic rings. The van der Waals surface area contributed by atoms with E-state index < -0.39 is 0 Å². The van der Waals surface area contributed by atoms with Gasteiger partial charge >= 0.3 is 0 Å². The zero-order valence-electron chi connectivity index (χ0n) is 14.3. The molecule has 0 atom stereocenters. The molecule has 1 heterocycles. The van der Waals surface area contributed by atoms with Crippen molar-refractivity contribution in [2.24, 2.45) is 0 Å². The van der Waals surface area contributed by atoms with Crippen LogP contribution in [0.3, 0.4) is 0 Å². The van der Waals surface area contributed by atoms with Crippen LogP contribution in [0.1, 0.15) is 33.3 Å². The predicted octanol–water partition coefficient (Wildman–Crippen LogP) is 2.47. The van der Waals surface area contributed by atoms with Crippen LogP contribution in [0.15, 0.2) is 30.5 Å². The molecule has 0 radical (unpaired) electrons. The number of para-hydroxylation sites is 1. The zero-order valence-corrected chi connectivity index (χ0v) is 14.3. The Hall–Kier alpha value is -2.30. The number of rotatable bonds is 5. The summed E-state index contributed by atoms with van der Waals surface area (Å²) in [5, 5.41) is 4.08. The molecule has 2 rings (SSSR count). The predicted molar refractivity (Wildman–Crippen MR) is 92.2 cm³/mol. The fourth-order valence-corrected chi connectivity index (χ4v) is 2.70. The molecule has 5 heteroatoms. The minimum atomic E-state index is -0.361. The van der Waals surface area contributed by atoms with Crippen molar-refractivity contribution in [3.8, 4) is 0 Å². The van der Waals surface area contributed by atoms with Gasteiger partial charge in [-0.2, -0.15) is 0 Å².